The molecule has 0 spiro atoms. The maximum absolute atomic E-state index is 11.2. The molecule has 1 aliphatic heterocycles. The Morgan fingerprint density at radius 2 is 2.20 bits per heavy atom. The van der Waals surface area contributed by atoms with E-state index in [1.807, 2.05) is 12.1 Å². The zero-order chi connectivity index (χ0) is 10.7. The van der Waals surface area contributed by atoms with Crippen LogP contribution in [0.4, 0.5) is 5.82 Å². The Morgan fingerprint density at radius 3 is 2.87 bits per heavy atom. The summed E-state index contributed by atoms with van der Waals surface area (Å²) in [5.74, 6) is 2.50. The fourth-order valence-electron chi connectivity index (χ4n) is 1.62. The molecule has 0 amide bonds. The second-order valence-corrected chi connectivity index (χ2v) is 6.15. The van der Waals surface area contributed by atoms with E-state index in [4.69, 9.17) is 0 Å². The lowest BCUT2D eigenvalue weighted by atomic mass is 10.1. The highest BCUT2D eigenvalue weighted by molar-refractivity contribution is 9.10. The highest BCUT2D eigenvalue weighted by atomic mass is 79.9. The van der Waals surface area contributed by atoms with Gasteiger partial charge >= 0.3 is 0 Å². The third-order valence-electron chi connectivity index (χ3n) is 2.49. The van der Waals surface area contributed by atoms with Gasteiger partial charge in [0.2, 0.25) is 0 Å². The minimum atomic E-state index is -0.596. The molecule has 3 nitrogen and oxygen atoms in total. The molecule has 1 aromatic heterocycles. The number of nitrogens with zero attached hydrogens (tertiary/aromatic N) is 1. The van der Waals surface area contributed by atoms with Crippen LogP contribution in [0.2, 0.25) is 0 Å². The summed E-state index contributed by atoms with van der Waals surface area (Å²) in [5.41, 5.74) is 0. The van der Waals surface area contributed by atoms with Crippen LogP contribution >= 0.6 is 15.9 Å². The summed E-state index contributed by atoms with van der Waals surface area (Å²) in [5, 5.41) is 3.38. The van der Waals surface area contributed by atoms with Gasteiger partial charge in [0.05, 0.1) is 4.47 Å². The highest BCUT2D eigenvalue weighted by Gasteiger charge is 2.18. The van der Waals surface area contributed by atoms with E-state index in [9.17, 15) is 4.21 Å². The summed E-state index contributed by atoms with van der Waals surface area (Å²) in [6, 6.07) is 4.27. The molecule has 1 fully saturated rings. The first kappa shape index (κ1) is 11.1. The van der Waals surface area contributed by atoms with Gasteiger partial charge in [-0.05, 0) is 40.9 Å². The Bertz CT molecular complexity index is 362. The van der Waals surface area contributed by atoms with E-state index in [1.165, 1.54) is 0 Å². The van der Waals surface area contributed by atoms with Crippen molar-refractivity contribution in [2.45, 2.75) is 18.9 Å². The van der Waals surface area contributed by atoms with Crippen molar-refractivity contribution in [2.75, 3.05) is 16.8 Å². The van der Waals surface area contributed by atoms with Crippen molar-refractivity contribution in [3.8, 4) is 0 Å². The number of halogens is 1. The standard InChI is InChI=1S/C10H13BrN2OS/c11-9-2-1-5-12-10(9)13-8-3-6-15(14)7-4-8/h1-2,5,8H,3-4,6-7H2,(H,12,13). The summed E-state index contributed by atoms with van der Waals surface area (Å²) < 4.78 is 12.2. The fourth-order valence-corrected chi connectivity index (χ4v) is 3.29. The molecular weight excluding hydrogens is 276 g/mol. The first-order valence-corrected chi connectivity index (χ1v) is 7.26. The van der Waals surface area contributed by atoms with E-state index in [2.05, 4.69) is 26.2 Å². The van der Waals surface area contributed by atoms with Crippen molar-refractivity contribution < 1.29 is 4.21 Å². The van der Waals surface area contributed by atoms with Crippen LogP contribution in [0.15, 0.2) is 22.8 Å². The van der Waals surface area contributed by atoms with Crippen LogP contribution in [0, 0.1) is 0 Å². The fraction of sp³-hybridized carbons (Fsp3) is 0.500. The number of anilines is 1. The lowest BCUT2D eigenvalue weighted by molar-refractivity contribution is 0.622. The molecule has 2 heterocycles. The summed E-state index contributed by atoms with van der Waals surface area (Å²) in [6.45, 7) is 0. The van der Waals surface area contributed by atoms with E-state index in [0.717, 1.165) is 34.6 Å². The molecule has 5 heteroatoms. The van der Waals surface area contributed by atoms with Gasteiger partial charge in [0.15, 0.2) is 0 Å². The van der Waals surface area contributed by atoms with E-state index in [0.29, 0.717) is 6.04 Å². The third-order valence-corrected chi connectivity index (χ3v) is 4.51. The number of nitrogens with one attached hydrogen (secondary N) is 1. The Hall–Kier alpha value is -0.420. The maximum atomic E-state index is 11.2. The van der Waals surface area contributed by atoms with Crippen LogP contribution in [0.3, 0.4) is 0 Å². The minimum Gasteiger partial charge on any atom is -0.366 e. The molecule has 2 rings (SSSR count). The Kier molecular flexibility index (Phi) is 3.75. The van der Waals surface area contributed by atoms with Gasteiger partial charge in [0.25, 0.3) is 0 Å². The van der Waals surface area contributed by atoms with Gasteiger partial charge in [-0.25, -0.2) is 4.98 Å². The van der Waals surface area contributed by atoms with Crippen LogP contribution in [-0.4, -0.2) is 26.7 Å². The summed E-state index contributed by atoms with van der Waals surface area (Å²) >= 11 is 3.45. The molecule has 1 saturated heterocycles. The second kappa shape index (κ2) is 5.07. The molecule has 0 radical (unpaired) electrons. The Balaban J connectivity index is 1.97. The topological polar surface area (TPSA) is 42.0 Å². The second-order valence-electron chi connectivity index (χ2n) is 3.60. The largest absolute Gasteiger partial charge is 0.366 e. The molecule has 1 N–H and O–H groups in total. The van der Waals surface area contributed by atoms with Crippen molar-refractivity contribution in [3.05, 3.63) is 22.8 Å². The van der Waals surface area contributed by atoms with E-state index in [1.54, 1.807) is 6.20 Å². The van der Waals surface area contributed by atoms with Crippen molar-refractivity contribution in [2.24, 2.45) is 0 Å². The number of aromatic nitrogens is 1. The third kappa shape index (κ3) is 3.01. The lowest BCUT2D eigenvalue weighted by Gasteiger charge is -2.23. The maximum Gasteiger partial charge on any atom is 0.140 e. The SMILES string of the molecule is O=S1CCC(Nc2ncccc2Br)CC1. The molecule has 1 aliphatic rings. The molecule has 1 aromatic rings. The average Bonchev–Trinajstić information content (AvgIpc) is 2.25. The molecule has 0 saturated carbocycles. The Morgan fingerprint density at radius 1 is 1.47 bits per heavy atom. The van der Waals surface area contributed by atoms with Crippen LogP contribution < -0.4 is 5.32 Å². The van der Waals surface area contributed by atoms with Gasteiger partial charge < -0.3 is 5.32 Å². The van der Waals surface area contributed by atoms with Crippen LogP contribution in [0.25, 0.3) is 0 Å². The number of rotatable bonds is 2. The van der Waals surface area contributed by atoms with Crippen molar-refractivity contribution in [3.63, 3.8) is 0 Å². The van der Waals surface area contributed by atoms with E-state index >= 15 is 0 Å². The summed E-state index contributed by atoms with van der Waals surface area (Å²) in [6.07, 6.45) is 3.71. The molecule has 15 heavy (non-hydrogen) atoms. The molecule has 0 atom stereocenters. The first-order valence-electron chi connectivity index (χ1n) is 4.98. The predicted molar refractivity (Wildman–Crippen MR) is 66.5 cm³/mol. The first-order chi connectivity index (χ1) is 7.25. The van der Waals surface area contributed by atoms with Crippen LogP contribution in [0.5, 0.6) is 0 Å². The predicted octanol–water partition coefficient (Wildman–Crippen LogP) is 2.17. The smallest absolute Gasteiger partial charge is 0.140 e. The van der Waals surface area contributed by atoms with Gasteiger partial charge in [0.1, 0.15) is 5.82 Å². The zero-order valence-electron chi connectivity index (χ0n) is 8.28. The normalized spacial score (nSPS) is 26.2. The van der Waals surface area contributed by atoms with Crippen molar-refractivity contribution in [1.29, 1.82) is 0 Å². The molecule has 0 bridgehead atoms. The van der Waals surface area contributed by atoms with Crippen molar-refractivity contribution in [1.82, 2.24) is 4.98 Å². The summed E-state index contributed by atoms with van der Waals surface area (Å²) in [4.78, 5) is 4.26. The highest BCUT2D eigenvalue weighted by Crippen LogP contribution is 2.21. The van der Waals surface area contributed by atoms with Crippen molar-refractivity contribution >= 4 is 32.5 Å². The quantitative estimate of drug-likeness (QED) is 0.907. The zero-order valence-corrected chi connectivity index (χ0v) is 10.7. The van der Waals surface area contributed by atoms with Crippen LogP contribution in [-0.2, 0) is 10.8 Å². The monoisotopic (exact) mass is 288 g/mol. The Labute approximate surface area is 100 Å². The molecule has 0 aromatic carbocycles. The van der Waals surface area contributed by atoms with Gasteiger partial charge in [-0.15, -0.1) is 0 Å². The molecule has 82 valence electrons. The number of hydrogen-bond donors (Lipinski definition) is 1. The van der Waals surface area contributed by atoms with E-state index < -0.39 is 10.8 Å². The minimum absolute atomic E-state index is 0.411. The van der Waals surface area contributed by atoms with Gasteiger partial charge in [-0.3, -0.25) is 4.21 Å². The molecular formula is C10H13BrN2OS. The molecule has 0 aliphatic carbocycles. The average molecular weight is 289 g/mol. The number of hydrogen-bond acceptors (Lipinski definition) is 3. The van der Waals surface area contributed by atoms with E-state index in [-0.39, 0.29) is 0 Å². The van der Waals surface area contributed by atoms with Gasteiger partial charge in [-0.1, -0.05) is 0 Å². The van der Waals surface area contributed by atoms with Gasteiger partial charge in [-0.2, -0.15) is 0 Å². The van der Waals surface area contributed by atoms with Gasteiger partial charge in [0, 0.05) is 34.5 Å². The number of pyridine rings is 1. The molecule has 0 unspecified atom stereocenters. The summed E-state index contributed by atoms with van der Waals surface area (Å²) in [7, 11) is -0.596. The van der Waals surface area contributed by atoms with Crippen LogP contribution in [0.1, 0.15) is 12.8 Å². The lowest BCUT2D eigenvalue weighted by Crippen LogP contribution is -2.29.